The van der Waals surface area contributed by atoms with Crippen LogP contribution >= 0.6 is 0 Å². The zero-order valence-electron chi connectivity index (χ0n) is 17.9. The first kappa shape index (κ1) is 23.0. The Hall–Kier alpha value is -3.65. The summed E-state index contributed by atoms with van der Waals surface area (Å²) in [5.41, 5.74) is 1.86. The average molecular weight is 454 g/mol. The molecule has 0 spiro atoms. The van der Waals surface area contributed by atoms with Crippen LogP contribution in [0.3, 0.4) is 0 Å². The van der Waals surface area contributed by atoms with Gasteiger partial charge in [0.2, 0.25) is 5.78 Å². The molecule has 0 bridgehead atoms. The summed E-state index contributed by atoms with van der Waals surface area (Å²) >= 11 is 0. The maximum Gasteiger partial charge on any atom is 0.338 e. The molecule has 8 heteroatoms. The van der Waals surface area contributed by atoms with E-state index in [1.807, 2.05) is 6.92 Å². The minimum absolute atomic E-state index is 0.170. The van der Waals surface area contributed by atoms with Gasteiger partial charge in [0, 0.05) is 7.05 Å². The van der Waals surface area contributed by atoms with E-state index in [4.69, 9.17) is 9.47 Å². The van der Waals surface area contributed by atoms with Crippen LogP contribution in [0.1, 0.15) is 26.3 Å². The third kappa shape index (κ3) is 4.97. The van der Waals surface area contributed by atoms with Crippen LogP contribution in [0.25, 0.3) is 0 Å². The molecule has 0 radical (unpaired) electrons. The molecule has 0 atom stereocenters. The van der Waals surface area contributed by atoms with E-state index in [1.54, 1.807) is 48.5 Å². The van der Waals surface area contributed by atoms with Crippen molar-refractivity contribution in [2.45, 2.75) is 11.8 Å². The van der Waals surface area contributed by atoms with Gasteiger partial charge in [-0.2, -0.15) is 0 Å². The van der Waals surface area contributed by atoms with Gasteiger partial charge in [-0.1, -0.05) is 29.8 Å². The predicted molar refractivity (Wildman–Crippen MR) is 121 cm³/mol. The molecular formula is C24H23NO6S. The first-order chi connectivity index (χ1) is 15.2. The second-order valence-corrected chi connectivity index (χ2v) is 9.00. The van der Waals surface area contributed by atoms with Gasteiger partial charge in [-0.25, -0.2) is 13.2 Å². The molecule has 0 aromatic heterocycles. The highest BCUT2D eigenvalue weighted by atomic mass is 32.2. The second-order valence-electron chi connectivity index (χ2n) is 7.03. The number of esters is 1. The van der Waals surface area contributed by atoms with E-state index in [1.165, 1.54) is 38.4 Å². The Morgan fingerprint density at radius 2 is 1.53 bits per heavy atom. The quantitative estimate of drug-likeness (QED) is 0.380. The van der Waals surface area contributed by atoms with E-state index < -0.39 is 28.4 Å². The highest BCUT2D eigenvalue weighted by Crippen LogP contribution is 2.23. The van der Waals surface area contributed by atoms with Crippen LogP contribution in [0.4, 0.5) is 5.69 Å². The van der Waals surface area contributed by atoms with Crippen molar-refractivity contribution in [3.63, 3.8) is 0 Å². The average Bonchev–Trinajstić information content (AvgIpc) is 2.82. The highest BCUT2D eigenvalue weighted by Gasteiger charge is 2.22. The number of anilines is 1. The summed E-state index contributed by atoms with van der Waals surface area (Å²) in [6.07, 6.45) is 0. The van der Waals surface area contributed by atoms with E-state index in [-0.39, 0.29) is 10.5 Å². The Labute approximate surface area is 187 Å². The van der Waals surface area contributed by atoms with Crippen molar-refractivity contribution < 1.29 is 27.5 Å². The molecule has 0 saturated heterocycles. The minimum atomic E-state index is -3.74. The third-order valence-electron chi connectivity index (χ3n) is 4.89. The van der Waals surface area contributed by atoms with E-state index in [0.717, 1.165) is 9.87 Å². The van der Waals surface area contributed by atoms with Gasteiger partial charge < -0.3 is 9.47 Å². The summed E-state index contributed by atoms with van der Waals surface area (Å²) in [5.74, 6) is -0.684. The zero-order chi connectivity index (χ0) is 23.3. The Morgan fingerprint density at radius 1 is 0.906 bits per heavy atom. The molecule has 7 nitrogen and oxygen atoms in total. The first-order valence-corrected chi connectivity index (χ1v) is 11.2. The number of para-hydroxylation sites is 1. The Morgan fingerprint density at radius 3 is 2.16 bits per heavy atom. The molecule has 0 saturated carbocycles. The Bertz CT molecular complexity index is 1220. The van der Waals surface area contributed by atoms with E-state index in [0.29, 0.717) is 17.0 Å². The number of hydrogen-bond donors (Lipinski definition) is 0. The van der Waals surface area contributed by atoms with Gasteiger partial charge in [-0.15, -0.1) is 0 Å². The largest absolute Gasteiger partial charge is 0.496 e. The second kappa shape index (κ2) is 9.65. The highest BCUT2D eigenvalue weighted by molar-refractivity contribution is 7.92. The van der Waals surface area contributed by atoms with Gasteiger partial charge in [-0.3, -0.25) is 9.10 Å². The molecule has 0 amide bonds. The number of Topliss-reactive ketones (excluding diaryl/α,β-unsaturated/α-hetero) is 1. The van der Waals surface area contributed by atoms with Crippen molar-refractivity contribution in [2.24, 2.45) is 0 Å². The summed E-state index contributed by atoms with van der Waals surface area (Å²) in [5, 5.41) is 0. The maximum absolute atomic E-state index is 12.8. The summed E-state index contributed by atoms with van der Waals surface area (Å²) in [4.78, 5) is 24.8. The van der Waals surface area contributed by atoms with Crippen LogP contribution < -0.4 is 9.04 Å². The number of ether oxygens (including phenoxy) is 2. The molecule has 3 aromatic rings. The molecule has 0 aliphatic rings. The number of benzene rings is 3. The van der Waals surface area contributed by atoms with Gasteiger partial charge in [0.15, 0.2) is 6.61 Å². The van der Waals surface area contributed by atoms with Crippen LogP contribution in [-0.2, 0) is 14.8 Å². The molecular weight excluding hydrogens is 430 g/mol. The summed E-state index contributed by atoms with van der Waals surface area (Å²) < 4.78 is 37.0. The first-order valence-electron chi connectivity index (χ1n) is 9.73. The van der Waals surface area contributed by atoms with E-state index in [2.05, 4.69) is 0 Å². The van der Waals surface area contributed by atoms with Crippen LogP contribution in [0, 0.1) is 6.92 Å². The van der Waals surface area contributed by atoms with Crippen molar-refractivity contribution in [3.05, 3.63) is 89.5 Å². The van der Waals surface area contributed by atoms with E-state index in [9.17, 15) is 18.0 Å². The van der Waals surface area contributed by atoms with E-state index >= 15 is 0 Å². The molecule has 3 aromatic carbocycles. The van der Waals surface area contributed by atoms with Crippen LogP contribution in [-0.4, -0.2) is 40.9 Å². The van der Waals surface area contributed by atoms with Crippen molar-refractivity contribution >= 4 is 27.5 Å². The zero-order valence-corrected chi connectivity index (χ0v) is 18.8. The number of ketones is 1. The van der Waals surface area contributed by atoms with Crippen molar-refractivity contribution in [3.8, 4) is 5.75 Å². The number of rotatable bonds is 8. The topological polar surface area (TPSA) is 90.0 Å². The fraction of sp³-hybridized carbons (Fsp3) is 0.167. The molecule has 0 aliphatic carbocycles. The van der Waals surface area contributed by atoms with Crippen LogP contribution in [0.2, 0.25) is 0 Å². The molecule has 0 heterocycles. The fourth-order valence-corrected chi connectivity index (χ4v) is 4.18. The number of methoxy groups -OCH3 is 1. The molecule has 0 unspecified atom stereocenters. The Kier molecular flexibility index (Phi) is 6.95. The molecule has 0 N–H and O–H groups in total. The molecule has 32 heavy (non-hydrogen) atoms. The monoisotopic (exact) mass is 453 g/mol. The van der Waals surface area contributed by atoms with Crippen LogP contribution in [0.5, 0.6) is 5.75 Å². The lowest BCUT2D eigenvalue weighted by atomic mass is 10.1. The van der Waals surface area contributed by atoms with Gasteiger partial charge in [0.25, 0.3) is 10.0 Å². The third-order valence-corrected chi connectivity index (χ3v) is 6.69. The van der Waals surface area contributed by atoms with Crippen molar-refractivity contribution in [2.75, 3.05) is 25.1 Å². The van der Waals surface area contributed by atoms with Crippen molar-refractivity contribution in [1.82, 2.24) is 0 Å². The fourth-order valence-electron chi connectivity index (χ4n) is 2.98. The van der Waals surface area contributed by atoms with Crippen molar-refractivity contribution in [1.29, 1.82) is 0 Å². The van der Waals surface area contributed by atoms with Gasteiger partial charge in [0.1, 0.15) is 5.75 Å². The lowest BCUT2D eigenvalue weighted by Crippen LogP contribution is -2.26. The summed E-state index contributed by atoms with van der Waals surface area (Å²) in [6.45, 7) is 1.44. The molecule has 0 fully saturated rings. The van der Waals surface area contributed by atoms with Gasteiger partial charge in [-0.05, 0) is 55.5 Å². The normalized spacial score (nSPS) is 11.0. The number of sulfonamides is 1. The molecule has 0 aliphatic heterocycles. The SMILES string of the molecule is COc1ccccc1C(=O)COC(=O)c1ccc(N(C)S(=O)(=O)c2ccc(C)cc2)cc1. The van der Waals surface area contributed by atoms with Crippen LogP contribution in [0.15, 0.2) is 77.7 Å². The Balaban J connectivity index is 1.67. The number of nitrogens with zero attached hydrogens (tertiary/aromatic N) is 1. The summed E-state index contributed by atoms with van der Waals surface area (Å²) in [7, 11) is -0.847. The molecule has 166 valence electrons. The minimum Gasteiger partial charge on any atom is -0.496 e. The number of carbonyl (C=O) groups is 2. The predicted octanol–water partition coefficient (Wildman–Crippen LogP) is 3.87. The standard InChI is InChI=1S/C24H23NO6S/c1-17-8-14-20(15-9-17)32(28,29)25(2)19-12-10-18(11-13-19)24(27)31-16-22(26)21-6-4-5-7-23(21)30-3/h4-15H,16H2,1-3H3. The summed E-state index contributed by atoms with van der Waals surface area (Å²) in [6, 6.07) is 19.1. The number of hydrogen-bond acceptors (Lipinski definition) is 6. The lowest BCUT2D eigenvalue weighted by Gasteiger charge is -2.19. The smallest absolute Gasteiger partial charge is 0.338 e. The molecule has 3 rings (SSSR count). The lowest BCUT2D eigenvalue weighted by molar-refractivity contribution is 0.0474. The number of aryl methyl sites for hydroxylation is 1. The van der Waals surface area contributed by atoms with Gasteiger partial charge in [0.05, 0.1) is 28.8 Å². The number of carbonyl (C=O) groups excluding carboxylic acids is 2. The van der Waals surface area contributed by atoms with Gasteiger partial charge >= 0.3 is 5.97 Å². The maximum atomic E-state index is 12.8.